The Balaban J connectivity index is 0.00000243. The van der Waals surface area contributed by atoms with E-state index in [0.29, 0.717) is 18.2 Å². The predicted molar refractivity (Wildman–Crippen MR) is 116 cm³/mol. The molecule has 3 fully saturated rings. The summed E-state index contributed by atoms with van der Waals surface area (Å²) in [6.07, 6.45) is 4.89. The first-order chi connectivity index (χ1) is 11.9. The molecule has 7 heteroatoms. The van der Waals surface area contributed by atoms with Gasteiger partial charge in [0.15, 0.2) is 5.96 Å². The number of nitrogens with zero attached hydrogens (tertiary/aromatic N) is 2. The fraction of sp³-hybridized carbons (Fsp3) is 0.947. The molecule has 152 valence electrons. The van der Waals surface area contributed by atoms with Gasteiger partial charge in [0.1, 0.15) is 0 Å². The van der Waals surface area contributed by atoms with Crippen molar-refractivity contribution in [3.63, 3.8) is 0 Å². The van der Waals surface area contributed by atoms with E-state index in [2.05, 4.69) is 50.2 Å². The molecule has 3 aliphatic rings. The second kappa shape index (κ2) is 9.39. The maximum Gasteiger partial charge on any atom is 0.191 e. The molecule has 2 bridgehead atoms. The minimum Gasteiger partial charge on any atom is -0.373 e. The molecule has 2 N–H and O–H groups in total. The molecule has 3 saturated heterocycles. The van der Waals surface area contributed by atoms with Crippen LogP contribution in [0, 0.1) is 0 Å². The van der Waals surface area contributed by atoms with Crippen LogP contribution in [0.2, 0.25) is 0 Å². The summed E-state index contributed by atoms with van der Waals surface area (Å²) in [5, 5.41) is 7.01. The van der Waals surface area contributed by atoms with Gasteiger partial charge in [0.2, 0.25) is 0 Å². The number of aliphatic imine (C=N–C) groups is 1. The molecule has 3 heterocycles. The lowest BCUT2D eigenvalue weighted by molar-refractivity contribution is -0.0939. The zero-order valence-electron chi connectivity index (χ0n) is 17.0. The minimum absolute atomic E-state index is 0. The summed E-state index contributed by atoms with van der Waals surface area (Å²) in [5.41, 5.74) is 0.0137. The molecule has 5 atom stereocenters. The molecule has 0 aliphatic carbocycles. The molecule has 26 heavy (non-hydrogen) atoms. The quantitative estimate of drug-likeness (QED) is 0.360. The Morgan fingerprint density at radius 1 is 1.15 bits per heavy atom. The Labute approximate surface area is 175 Å². The largest absolute Gasteiger partial charge is 0.373 e. The molecule has 3 rings (SSSR count). The maximum absolute atomic E-state index is 5.96. The molecule has 0 amide bonds. The van der Waals surface area contributed by atoms with Gasteiger partial charge in [-0.15, -0.1) is 24.0 Å². The first-order valence-electron chi connectivity index (χ1n) is 9.98. The van der Waals surface area contributed by atoms with Gasteiger partial charge in [0, 0.05) is 25.2 Å². The Morgan fingerprint density at radius 2 is 1.85 bits per heavy atom. The van der Waals surface area contributed by atoms with Crippen molar-refractivity contribution in [1.29, 1.82) is 0 Å². The summed E-state index contributed by atoms with van der Waals surface area (Å²) in [4.78, 5) is 7.43. The van der Waals surface area contributed by atoms with E-state index in [9.17, 15) is 0 Å². The zero-order chi connectivity index (χ0) is 18.0. The van der Waals surface area contributed by atoms with Gasteiger partial charge in [0.25, 0.3) is 0 Å². The average Bonchev–Trinajstić information content (AvgIpc) is 3.15. The SMILES string of the molecule is CCNC(=NCC(C)(C)N1CC(C)OC(C)C1)NC1CC2CCC1O2.I. The standard InChI is InChI=1S/C19H36N4O2.HI/c1-6-20-18(22-16-9-15-7-8-17(16)25-15)21-12-19(4,5)23-10-13(2)24-14(3)11-23;/h13-17H,6-12H2,1-5H3,(H2,20,21,22);1H. The third kappa shape index (κ3) is 5.45. The van der Waals surface area contributed by atoms with Crippen LogP contribution in [0.15, 0.2) is 4.99 Å². The van der Waals surface area contributed by atoms with E-state index in [1.165, 1.54) is 12.8 Å². The van der Waals surface area contributed by atoms with Crippen LogP contribution in [0.3, 0.4) is 0 Å². The normalized spacial score (nSPS) is 35.3. The van der Waals surface area contributed by atoms with Gasteiger partial charge < -0.3 is 20.1 Å². The summed E-state index contributed by atoms with van der Waals surface area (Å²) >= 11 is 0. The van der Waals surface area contributed by atoms with E-state index in [1.54, 1.807) is 0 Å². The zero-order valence-corrected chi connectivity index (χ0v) is 19.3. The first-order valence-corrected chi connectivity index (χ1v) is 9.98. The monoisotopic (exact) mass is 480 g/mol. The summed E-state index contributed by atoms with van der Waals surface area (Å²) < 4.78 is 11.8. The molecule has 5 unspecified atom stereocenters. The van der Waals surface area contributed by atoms with Crippen molar-refractivity contribution in [2.45, 2.75) is 89.9 Å². The van der Waals surface area contributed by atoms with Crippen LogP contribution in [0.4, 0.5) is 0 Å². The van der Waals surface area contributed by atoms with Crippen molar-refractivity contribution in [3.05, 3.63) is 0 Å². The smallest absolute Gasteiger partial charge is 0.191 e. The van der Waals surface area contributed by atoms with E-state index in [4.69, 9.17) is 14.5 Å². The second-order valence-electron chi connectivity index (χ2n) is 8.53. The van der Waals surface area contributed by atoms with Gasteiger partial charge in [-0.1, -0.05) is 0 Å². The molecular weight excluding hydrogens is 443 g/mol. The molecule has 0 aromatic carbocycles. The van der Waals surface area contributed by atoms with Crippen LogP contribution in [0.1, 0.15) is 53.9 Å². The van der Waals surface area contributed by atoms with Crippen molar-refractivity contribution < 1.29 is 9.47 Å². The lowest BCUT2D eigenvalue weighted by Crippen LogP contribution is -2.56. The predicted octanol–water partition coefficient (Wildman–Crippen LogP) is 2.37. The van der Waals surface area contributed by atoms with Crippen LogP contribution < -0.4 is 10.6 Å². The highest BCUT2D eigenvalue weighted by atomic mass is 127. The maximum atomic E-state index is 5.96. The molecule has 0 radical (unpaired) electrons. The summed E-state index contributed by atoms with van der Waals surface area (Å²) in [5.74, 6) is 0.922. The number of hydrogen-bond donors (Lipinski definition) is 2. The Bertz CT molecular complexity index is 478. The number of fused-ring (bicyclic) bond motifs is 2. The van der Waals surface area contributed by atoms with Gasteiger partial charge in [-0.2, -0.15) is 0 Å². The number of morpholine rings is 1. The number of halogens is 1. The van der Waals surface area contributed by atoms with Crippen molar-refractivity contribution in [2.24, 2.45) is 4.99 Å². The van der Waals surface area contributed by atoms with Crippen LogP contribution in [-0.2, 0) is 9.47 Å². The third-order valence-corrected chi connectivity index (χ3v) is 5.67. The van der Waals surface area contributed by atoms with Crippen LogP contribution >= 0.6 is 24.0 Å². The van der Waals surface area contributed by atoms with Gasteiger partial charge in [-0.05, 0) is 53.9 Å². The molecular formula is C19H37IN4O2. The second-order valence-corrected chi connectivity index (χ2v) is 8.53. The molecule has 0 aromatic heterocycles. The number of ether oxygens (including phenoxy) is 2. The number of hydrogen-bond acceptors (Lipinski definition) is 4. The third-order valence-electron chi connectivity index (χ3n) is 5.67. The lowest BCUT2D eigenvalue weighted by atomic mass is 9.96. The minimum atomic E-state index is 0. The molecule has 0 aromatic rings. The summed E-state index contributed by atoms with van der Waals surface area (Å²) in [6.45, 7) is 14.6. The molecule has 0 saturated carbocycles. The topological polar surface area (TPSA) is 58.1 Å². The van der Waals surface area contributed by atoms with E-state index in [0.717, 1.165) is 38.6 Å². The Kier molecular flexibility index (Phi) is 8.00. The summed E-state index contributed by atoms with van der Waals surface area (Å²) in [7, 11) is 0. The number of nitrogens with one attached hydrogen (secondary N) is 2. The van der Waals surface area contributed by atoms with Gasteiger partial charge in [-0.25, -0.2) is 0 Å². The van der Waals surface area contributed by atoms with Crippen LogP contribution in [0.25, 0.3) is 0 Å². The van der Waals surface area contributed by atoms with Gasteiger partial charge >= 0.3 is 0 Å². The van der Waals surface area contributed by atoms with Crippen molar-refractivity contribution in [2.75, 3.05) is 26.2 Å². The lowest BCUT2D eigenvalue weighted by Gasteiger charge is -2.44. The van der Waals surface area contributed by atoms with E-state index in [1.807, 2.05) is 0 Å². The van der Waals surface area contributed by atoms with E-state index < -0.39 is 0 Å². The molecule has 3 aliphatic heterocycles. The number of rotatable bonds is 5. The Hall–Kier alpha value is -0.120. The van der Waals surface area contributed by atoms with Crippen LogP contribution in [0.5, 0.6) is 0 Å². The fourth-order valence-corrected chi connectivity index (χ4v) is 4.33. The summed E-state index contributed by atoms with van der Waals surface area (Å²) in [6, 6.07) is 0.406. The highest BCUT2D eigenvalue weighted by Crippen LogP contribution is 2.34. The van der Waals surface area contributed by atoms with Gasteiger partial charge in [-0.3, -0.25) is 9.89 Å². The van der Waals surface area contributed by atoms with Gasteiger partial charge in [0.05, 0.1) is 37.0 Å². The van der Waals surface area contributed by atoms with Crippen molar-refractivity contribution in [1.82, 2.24) is 15.5 Å². The Morgan fingerprint density at radius 3 is 2.38 bits per heavy atom. The van der Waals surface area contributed by atoms with E-state index >= 15 is 0 Å². The van der Waals surface area contributed by atoms with Crippen molar-refractivity contribution >= 4 is 29.9 Å². The highest BCUT2D eigenvalue weighted by molar-refractivity contribution is 14.0. The van der Waals surface area contributed by atoms with Crippen LogP contribution in [-0.4, -0.2) is 73.0 Å². The number of guanidine groups is 1. The molecule has 6 nitrogen and oxygen atoms in total. The molecule has 0 spiro atoms. The first kappa shape index (κ1) is 22.2. The highest BCUT2D eigenvalue weighted by Gasteiger charge is 2.41. The van der Waals surface area contributed by atoms with E-state index in [-0.39, 0.29) is 41.7 Å². The average molecular weight is 480 g/mol. The van der Waals surface area contributed by atoms with Crippen molar-refractivity contribution in [3.8, 4) is 0 Å². The fourth-order valence-electron chi connectivity index (χ4n) is 4.33.